The maximum absolute atomic E-state index is 10.8. The van der Waals surface area contributed by atoms with Gasteiger partial charge in [0.1, 0.15) is 23.6 Å². The molecule has 4 aromatic rings. The van der Waals surface area contributed by atoms with Crippen molar-refractivity contribution < 1.29 is 5.11 Å². The second-order valence-electron chi connectivity index (χ2n) is 10.1. The fraction of sp³-hybridized carbons (Fsp3) is 0.444. The van der Waals surface area contributed by atoms with E-state index < -0.39 is 0 Å². The molecular formula is C27H32N6O. The number of nitrogens with zero attached hydrogens (tertiary/aromatic N) is 4. The van der Waals surface area contributed by atoms with Gasteiger partial charge in [-0.3, -0.25) is 0 Å². The summed E-state index contributed by atoms with van der Waals surface area (Å²) in [4.78, 5) is 13.4. The fourth-order valence-electron chi connectivity index (χ4n) is 5.93. The quantitative estimate of drug-likeness (QED) is 0.383. The van der Waals surface area contributed by atoms with Crippen molar-refractivity contribution in [2.75, 3.05) is 11.1 Å². The number of aromatic nitrogens is 4. The average Bonchev–Trinajstić information content (AvgIpc) is 3.58. The summed E-state index contributed by atoms with van der Waals surface area (Å²) in [5, 5.41) is 16.5. The summed E-state index contributed by atoms with van der Waals surface area (Å²) in [5.74, 6) is 1.94. The molecule has 0 aliphatic heterocycles. The molecule has 0 spiro atoms. The number of aliphatic hydroxyl groups is 1. The molecule has 0 amide bonds. The molecular weight excluding hydrogens is 424 g/mol. The molecule has 0 radical (unpaired) electrons. The van der Waals surface area contributed by atoms with Gasteiger partial charge < -0.3 is 20.7 Å². The Hall–Kier alpha value is -3.19. The lowest BCUT2D eigenvalue weighted by atomic mass is 9.97. The van der Waals surface area contributed by atoms with E-state index in [1.54, 1.807) is 0 Å². The van der Waals surface area contributed by atoms with E-state index in [-0.39, 0.29) is 12.1 Å². The zero-order chi connectivity index (χ0) is 23.1. The maximum atomic E-state index is 10.8. The third kappa shape index (κ3) is 4.09. The van der Waals surface area contributed by atoms with Crippen LogP contribution < -0.4 is 11.1 Å². The molecule has 3 atom stereocenters. The Balaban J connectivity index is 1.13. The van der Waals surface area contributed by atoms with Crippen LogP contribution in [0.3, 0.4) is 0 Å². The van der Waals surface area contributed by atoms with E-state index in [9.17, 15) is 5.11 Å². The van der Waals surface area contributed by atoms with Crippen molar-refractivity contribution in [2.24, 2.45) is 5.92 Å². The molecule has 7 heteroatoms. The monoisotopic (exact) mass is 456 g/mol. The first-order chi connectivity index (χ1) is 16.6. The SMILES string of the molecule is Nc1ncnc2c1ccn2C1CC(CCc2ccc3ccc(NC4CCCC4)nc3c2)CC1O. The zero-order valence-corrected chi connectivity index (χ0v) is 19.4. The molecule has 176 valence electrons. The van der Waals surface area contributed by atoms with Crippen LogP contribution in [-0.4, -0.2) is 36.8 Å². The lowest BCUT2D eigenvalue weighted by Crippen LogP contribution is -2.17. The van der Waals surface area contributed by atoms with E-state index in [4.69, 9.17) is 10.7 Å². The van der Waals surface area contributed by atoms with E-state index in [0.717, 1.165) is 48.1 Å². The zero-order valence-electron chi connectivity index (χ0n) is 19.4. The summed E-state index contributed by atoms with van der Waals surface area (Å²) < 4.78 is 2.08. The molecule has 2 saturated carbocycles. The van der Waals surface area contributed by atoms with Gasteiger partial charge in [-0.05, 0) is 74.3 Å². The molecule has 0 saturated heterocycles. The van der Waals surface area contributed by atoms with Gasteiger partial charge in [0.25, 0.3) is 0 Å². The predicted octanol–water partition coefficient (Wildman–Crippen LogP) is 4.86. The predicted molar refractivity (Wildman–Crippen MR) is 136 cm³/mol. The number of pyridine rings is 1. The first-order valence-electron chi connectivity index (χ1n) is 12.6. The molecule has 3 aromatic heterocycles. The van der Waals surface area contributed by atoms with Crippen molar-refractivity contribution in [1.82, 2.24) is 19.5 Å². The minimum absolute atomic E-state index is 0.0271. The number of aliphatic hydroxyl groups excluding tert-OH is 1. The Morgan fingerprint density at radius 3 is 2.79 bits per heavy atom. The topological polar surface area (TPSA) is 102 Å². The molecule has 2 aliphatic carbocycles. The average molecular weight is 457 g/mol. The van der Waals surface area contributed by atoms with Gasteiger partial charge in [-0.25, -0.2) is 15.0 Å². The number of fused-ring (bicyclic) bond motifs is 2. The Kier molecular flexibility index (Phi) is 5.57. The third-order valence-corrected chi connectivity index (χ3v) is 7.80. The standard InChI is InChI=1S/C27H32N6O/c28-26-21-11-12-33(27(21)30-16-29-26)23-14-18(15-24(23)34)6-5-17-7-8-19-9-10-25(32-22(19)13-17)31-20-3-1-2-4-20/h7-13,16,18,20,23-24,34H,1-6,14-15H2,(H,31,32)(H2,28,29,30). The van der Waals surface area contributed by atoms with E-state index in [1.165, 1.54) is 43.0 Å². The van der Waals surface area contributed by atoms with Gasteiger partial charge in [-0.2, -0.15) is 0 Å². The van der Waals surface area contributed by atoms with Crippen LogP contribution in [-0.2, 0) is 6.42 Å². The molecule has 1 aromatic carbocycles. The van der Waals surface area contributed by atoms with Gasteiger partial charge in [-0.15, -0.1) is 0 Å². The van der Waals surface area contributed by atoms with E-state index in [2.05, 4.69) is 50.2 Å². The third-order valence-electron chi connectivity index (χ3n) is 7.80. The Morgan fingerprint density at radius 1 is 1.06 bits per heavy atom. The summed E-state index contributed by atoms with van der Waals surface area (Å²) in [6.07, 6.45) is 12.0. The largest absolute Gasteiger partial charge is 0.391 e. The lowest BCUT2D eigenvalue weighted by Gasteiger charge is -2.17. The first kappa shape index (κ1) is 21.4. The van der Waals surface area contributed by atoms with Gasteiger partial charge >= 0.3 is 0 Å². The number of hydrogen-bond acceptors (Lipinski definition) is 6. The van der Waals surface area contributed by atoms with E-state index in [0.29, 0.717) is 17.8 Å². The van der Waals surface area contributed by atoms with Crippen LogP contribution in [0.1, 0.15) is 56.6 Å². The van der Waals surface area contributed by atoms with Crippen molar-refractivity contribution in [3.8, 4) is 0 Å². The molecule has 0 bridgehead atoms. The summed E-state index contributed by atoms with van der Waals surface area (Å²) in [5.41, 5.74) is 9.17. The van der Waals surface area contributed by atoms with Crippen LogP contribution in [0.4, 0.5) is 11.6 Å². The first-order valence-corrected chi connectivity index (χ1v) is 12.6. The Bertz CT molecular complexity index is 1310. The van der Waals surface area contributed by atoms with Crippen LogP contribution in [0.15, 0.2) is 48.9 Å². The molecule has 4 N–H and O–H groups in total. The second-order valence-corrected chi connectivity index (χ2v) is 10.1. The van der Waals surface area contributed by atoms with Gasteiger partial charge in [0, 0.05) is 17.6 Å². The number of nitrogens with two attached hydrogens (primary N) is 1. The second kappa shape index (κ2) is 8.87. The number of aryl methyl sites for hydroxylation is 1. The molecule has 34 heavy (non-hydrogen) atoms. The molecule has 2 fully saturated rings. The van der Waals surface area contributed by atoms with Crippen molar-refractivity contribution in [3.63, 3.8) is 0 Å². The van der Waals surface area contributed by atoms with Gasteiger partial charge in [-0.1, -0.05) is 25.0 Å². The highest BCUT2D eigenvalue weighted by atomic mass is 16.3. The number of nitrogens with one attached hydrogen (secondary N) is 1. The highest BCUT2D eigenvalue weighted by Crippen LogP contribution is 2.39. The molecule has 2 aliphatic rings. The van der Waals surface area contributed by atoms with Crippen LogP contribution in [0, 0.1) is 5.92 Å². The van der Waals surface area contributed by atoms with Crippen molar-refractivity contribution in [3.05, 3.63) is 54.5 Å². The van der Waals surface area contributed by atoms with Crippen molar-refractivity contribution in [2.45, 2.75) is 69.6 Å². The van der Waals surface area contributed by atoms with Crippen LogP contribution in [0.25, 0.3) is 21.9 Å². The van der Waals surface area contributed by atoms with E-state index >= 15 is 0 Å². The number of nitrogen functional groups attached to an aromatic ring is 1. The van der Waals surface area contributed by atoms with Gasteiger partial charge in [0.15, 0.2) is 0 Å². The summed E-state index contributed by atoms with van der Waals surface area (Å²) >= 11 is 0. The van der Waals surface area contributed by atoms with Crippen molar-refractivity contribution >= 4 is 33.6 Å². The Morgan fingerprint density at radius 2 is 1.91 bits per heavy atom. The smallest absolute Gasteiger partial charge is 0.145 e. The number of benzene rings is 1. The lowest BCUT2D eigenvalue weighted by molar-refractivity contribution is 0.136. The minimum atomic E-state index is -0.376. The van der Waals surface area contributed by atoms with Crippen LogP contribution >= 0.6 is 0 Å². The number of rotatable bonds is 6. The van der Waals surface area contributed by atoms with Crippen LogP contribution in [0.5, 0.6) is 0 Å². The molecule has 6 rings (SSSR count). The van der Waals surface area contributed by atoms with Crippen molar-refractivity contribution in [1.29, 1.82) is 0 Å². The molecule has 3 unspecified atom stereocenters. The summed E-state index contributed by atoms with van der Waals surface area (Å²) in [6.45, 7) is 0. The number of anilines is 2. The van der Waals surface area contributed by atoms with Gasteiger partial charge in [0.2, 0.25) is 0 Å². The highest BCUT2D eigenvalue weighted by Gasteiger charge is 2.34. The fourth-order valence-corrected chi connectivity index (χ4v) is 5.93. The molecule has 3 heterocycles. The summed E-state index contributed by atoms with van der Waals surface area (Å²) in [6, 6.07) is 13.4. The van der Waals surface area contributed by atoms with Gasteiger partial charge in [0.05, 0.1) is 23.0 Å². The summed E-state index contributed by atoms with van der Waals surface area (Å²) in [7, 11) is 0. The van der Waals surface area contributed by atoms with Crippen LogP contribution in [0.2, 0.25) is 0 Å². The van der Waals surface area contributed by atoms with E-state index in [1.807, 2.05) is 12.3 Å². The highest BCUT2D eigenvalue weighted by molar-refractivity contribution is 5.86. The minimum Gasteiger partial charge on any atom is -0.391 e. The number of hydrogen-bond donors (Lipinski definition) is 3. The molecule has 7 nitrogen and oxygen atoms in total. The Labute approximate surface area is 199 Å². The normalized spacial score (nSPS) is 23.3. The maximum Gasteiger partial charge on any atom is 0.145 e.